The van der Waals surface area contributed by atoms with Gasteiger partial charge in [0.15, 0.2) is 0 Å². The van der Waals surface area contributed by atoms with Crippen LogP contribution in [0, 0.1) is 17.8 Å². The Morgan fingerprint density at radius 1 is 1.16 bits per heavy atom. The van der Waals surface area contributed by atoms with Gasteiger partial charge in [-0.25, -0.2) is 0 Å². The number of hydrogen-bond donors (Lipinski definition) is 1. The monoisotopic (exact) mass is 263 g/mol. The highest BCUT2D eigenvalue weighted by Gasteiger charge is 2.43. The number of carbonyl (C=O) groups is 2. The largest absolute Gasteiger partial charge is 0.480 e. The SMILES string of the molecule is O=C(O)CN(C(=O)C1CC2C=CC1C2)C1CCCC1. The molecular formula is C15H21NO3. The molecule has 1 amide bonds. The average molecular weight is 263 g/mol. The fraction of sp³-hybridized carbons (Fsp3) is 0.733. The quantitative estimate of drug-likeness (QED) is 0.790. The molecule has 0 heterocycles. The van der Waals surface area contributed by atoms with E-state index in [2.05, 4.69) is 12.2 Å². The van der Waals surface area contributed by atoms with Crippen LogP contribution in [-0.4, -0.2) is 34.5 Å². The summed E-state index contributed by atoms with van der Waals surface area (Å²) in [5.41, 5.74) is 0. The van der Waals surface area contributed by atoms with Gasteiger partial charge in [-0.2, -0.15) is 0 Å². The lowest BCUT2D eigenvalue weighted by Crippen LogP contribution is -2.46. The summed E-state index contributed by atoms with van der Waals surface area (Å²) in [4.78, 5) is 25.4. The molecule has 3 aliphatic carbocycles. The van der Waals surface area contributed by atoms with Crippen molar-refractivity contribution in [3.05, 3.63) is 12.2 Å². The predicted octanol–water partition coefficient (Wildman–Crippen LogP) is 2.05. The fourth-order valence-electron chi connectivity index (χ4n) is 4.03. The van der Waals surface area contributed by atoms with Crippen molar-refractivity contribution in [3.8, 4) is 0 Å². The summed E-state index contributed by atoms with van der Waals surface area (Å²) in [5.74, 6) is 0.143. The van der Waals surface area contributed by atoms with Crippen LogP contribution in [0.2, 0.25) is 0 Å². The maximum atomic E-state index is 12.7. The molecule has 0 aromatic heterocycles. The molecule has 2 saturated carbocycles. The molecule has 2 fully saturated rings. The lowest BCUT2D eigenvalue weighted by molar-refractivity contribution is -0.148. The molecule has 0 aromatic carbocycles. The Labute approximate surface area is 113 Å². The zero-order valence-electron chi connectivity index (χ0n) is 11.1. The van der Waals surface area contributed by atoms with Crippen LogP contribution < -0.4 is 0 Å². The van der Waals surface area contributed by atoms with Gasteiger partial charge in [-0.1, -0.05) is 25.0 Å². The van der Waals surface area contributed by atoms with Crippen molar-refractivity contribution in [2.75, 3.05) is 6.54 Å². The smallest absolute Gasteiger partial charge is 0.323 e. The second kappa shape index (κ2) is 4.99. The minimum absolute atomic E-state index is 0.0370. The average Bonchev–Trinajstić information content (AvgIpc) is 3.10. The van der Waals surface area contributed by atoms with Gasteiger partial charge in [-0.15, -0.1) is 0 Å². The van der Waals surface area contributed by atoms with Crippen molar-refractivity contribution < 1.29 is 14.7 Å². The van der Waals surface area contributed by atoms with Crippen LogP contribution in [0.15, 0.2) is 12.2 Å². The third kappa shape index (κ3) is 2.40. The van der Waals surface area contributed by atoms with E-state index in [4.69, 9.17) is 5.11 Å². The summed E-state index contributed by atoms with van der Waals surface area (Å²) in [7, 11) is 0. The Morgan fingerprint density at radius 2 is 1.89 bits per heavy atom. The van der Waals surface area contributed by atoms with Gasteiger partial charge in [-0.05, 0) is 37.5 Å². The zero-order chi connectivity index (χ0) is 13.4. The Balaban J connectivity index is 1.73. The zero-order valence-corrected chi connectivity index (χ0v) is 11.1. The number of allylic oxidation sites excluding steroid dienone is 2. The van der Waals surface area contributed by atoms with Gasteiger partial charge in [0.2, 0.25) is 5.91 Å². The summed E-state index contributed by atoms with van der Waals surface area (Å²) in [6.07, 6.45) is 10.5. The van der Waals surface area contributed by atoms with E-state index in [1.807, 2.05) is 0 Å². The standard InChI is InChI=1S/C15H21NO3/c17-14(18)9-16(12-3-1-2-4-12)15(19)13-8-10-5-6-11(13)7-10/h5-6,10-13H,1-4,7-9H2,(H,17,18). The molecule has 4 nitrogen and oxygen atoms in total. The molecule has 3 unspecified atom stereocenters. The first-order valence-corrected chi connectivity index (χ1v) is 7.35. The van der Waals surface area contributed by atoms with E-state index >= 15 is 0 Å². The number of carbonyl (C=O) groups excluding carboxylic acids is 1. The normalized spacial score (nSPS) is 32.9. The highest BCUT2D eigenvalue weighted by atomic mass is 16.4. The van der Waals surface area contributed by atoms with Crippen LogP contribution >= 0.6 is 0 Å². The molecule has 104 valence electrons. The van der Waals surface area contributed by atoms with Gasteiger partial charge in [0.25, 0.3) is 0 Å². The minimum atomic E-state index is -0.890. The van der Waals surface area contributed by atoms with Gasteiger partial charge in [0, 0.05) is 12.0 Å². The molecule has 0 saturated heterocycles. The topological polar surface area (TPSA) is 57.6 Å². The molecule has 4 heteroatoms. The molecule has 0 aromatic rings. The molecule has 2 bridgehead atoms. The summed E-state index contributed by atoms with van der Waals surface area (Å²) in [6, 6.07) is 0.159. The van der Waals surface area contributed by atoms with Gasteiger partial charge in [0.05, 0.1) is 0 Å². The van der Waals surface area contributed by atoms with Crippen LogP contribution in [0.4, 0.5) is 0 Å². The first-order valence-electron chi connectivity index (χ1n) is 7.35. The Hall–Kier alpha value is -1.32. The Morgan fingerprint density at radius 3 is 2.42 bits per heavy atom. The molecule has 1 N–H and O–H groups in total. The van der Waals surface area contributed by atoms with Crippen molar-refractivity contribution in [2.24, 2.45) is 17.8 Å². The molecule has 3 aliphatic rings. The van der Waals surface area contributed by atoms with Crippen LogP contribution in [0.25, 0.3) is 0 Å². The number of aliphatic carboxylic acids is 1. The van der Waals surface area contributed by atoms with Gasteiger partial charge in [-0.3, -0.25) is 9.59 Å². The molecular weight excluding hydrogens is 242 g/mol. The van der Waals surface area contributed by atoms with Crippen LogP contribution in [0.5, 0.6) is 0 Å². The van der Waals surface area contributed by atoms with E-state index in [1.165, 1.54) is 0 Å². The number of nitrogens with zero attached hydrogens (tertiary/aromatic N) is 1. The van der Waals surface area contributed by atoms with Crippen molar-refractivity contribution in [1.29, 1.82) is 0 Å². The summed E-state index contributed by atoms with van der Waals surface area (Å²) >= 11 is 0. The van der Waals surface area contributed by atoms with Crippen LogP contribution in [0.3, 0.4) is 0 Å². The number of carboxylic acids is 1. The lowest BCUT2D eigenvalue weighted by Gasteiger charge is -2.31. The number of carboxylic acid groups (broad SMARTS) is 1. The first-order chi connectivity index (χ1) is 9.15. The molecule has 3 atom stereocenters. The van der Waals surface area contributed by atoms with E-state index in [1.54, 1.807) is 4.90 Å². The number of fused-ring (bicyclic) bond motifs is 2. The summed E-state index contributed by atoms with van der Waals surface area (Å²) < 4.78 is 0. The van der Waals surface area contributed by atoms with Crippen molar-refractivity contribution in [1.82, 2.24) is 4.90 Å². The lowest BCUT2D eigenvalue weighted by atomic mass is 9.91. The maximum absolute atomic E-state index is 12.7. The third-order valence-electron chi connectivity index (χ3n) is 4.95. The molecule has 0 spiro atoms. The van der Waals surface area contributed by atoms with E-state index in [0.717, 1.165) is 38.5 Å². The van der Waals surface area contributed by atoms with E-state index in [-0.39, 0.29) is 24.4 Å². The van der Waals surface area contributed by atoms with Gasteiger partial charge < -0.3 is 10.0 Å². The van der Waals surface area contributed by atoms with Crippen LogP contribution in [0.1, 0.15) is 38.5 Å². The number of hydrogen-bond acceptors (Lipinski definition) is 2. The number of amides is 1. The van der Waals surface area contributed by atoms with Crippen molar-refractivity contribution in [2.45, 2.75) is 44.6 Å². The molecule has 0 aliphatic heterocycles. The van der Waals surface area contributed by atoms with Gasteiger partial charge >= 0.3 is 5.97 Å². The van der Waals surface area contributed by atoms with Crippen molar-refractivity contribution >= 4 is 11.9 Å². The summed E-state index contributed by atoms with van der Waals surface area (Å²) in [6.45, 7) is -0.124. The minimum Gasteiger partial charge on any atom is -0.480 e. The molecule has 3 rings (SSSR count). The highest BCUT2D eigenvalue weighted by Crippen LogP contribution is 2.44. The second-order valence-corrected chi connectivity index (χ2v) is 6.18. The van der Waals surface area contributed by atoms with E-state index in [9.17, 15) is 9.59 Å². The highest BCUT2D eigenvalue weighted by molar-refractivity contribution is 5.84. The number of rotatable bonds is 4. The van der Waals surface area contributed by atoms with E-state index in [0.29, 0.717) is 11.8 Å². The first kappa shape index (κ1) is 12.7. The molecule has 0 radical (unpaired) electrons. The predicted molar refractivity (Wildman–Crippen MR) is 70.4 cm³/mol. The summed E-state index contributed by atoms with van der Waals surface area (Å²) in [5, 5.41) is 9.06. The third-order valence-corrected chi connectivity index (χ3v) is 4.95. The Kier molecular flexibility index (Phi) is 3.33. The van der Waals surface area contributed by atoms with Crippen LogP contribution in [-0.2, 0) is 9.59 Å². The second-order valence-electron chi connectivity index (χ2n) is 6.18. The maximum Gasteiger partial charge on any atom is 0.323 e. The Bertz CT molecular complexity index is 412. The van der Waals surface area contributed by atoms with Gasteiger partial charge in [0.1, 0.15) is 6.54 Å². The fourth-order valence-corrected chi connectivity index (χ4v) is 4.03. The van der Waals surface area contributed by atoms with E-state index < -0.39 is 5.97 Å². The molecule has 19 heavy (non-hydrogen) atoms. The van der Waals surface area contributed by atoms with Crippen molar-refractivity contribution in [3.63, 3.8) is 0 Å².